The maximum Gasteiger partial charge on any atom is 0.229 e. The fourth-order valence-electron chi connectivity index (χ4n) is 3.54. The Labute approximate surface area is 126 Å². The maximum atomic E-state index is 12.6. The number of hydrogen-bond acceptors (Lipinski definition) is 5. The van der Waals surface area contributed by atoms with Crippen LogP contribution < -0.4 is 5.32 Å². The summed E-state index contributed by atoms with van der Waals surface area (Å²) in [4.78, 5) is 17.0. The third kappa shape index (κ3) is 3.56. The molecule has 3 unspecified atom stereocenters. The molecule has 0 bridgehead atoms. The second-order valence-corrected chi connectivity index (χ2v) is 6.30. The Morgan fingerprint density at radius 3 is 2.71 bits per heavy atom. The minimum atomic E-state index is -0.0142. The highest BCUT2D eigenvalue weighted by Crippen LogP contribution is 2.19. The van der Waals surface area contributed by atoms with Crippen LogP contribution >= 0.6 is 0 Å². The number of rotatable bonds is 4. The number of nitrogens with one attached hydrogen (secondary N) is 1. The first-order valence-corrected chi connectivity index (χ1v) is 8.15. The Hall–Kier alpha value is -0.690. The topological polar surface area (TPSA) is 54.0 Å². The maximum absolute atomic E-state index is 12.6. The van der Waals surface area contributed by atoms with Crippen LogP contribution in [0.5, 0.6) is 0 Å². The normalized spacial score (nSPS) is 34.5. The molecule has 3 aliphatic rings. The zero-order valence-electron chi connectivity index (χ0n) is 12.9. The predicted octanol–water partition coefficient (Wildman–Crippen LogP) is -0.456. The van der Waals surface area contributed by atoms with Crippen LogP contribution in [0.1, 0.15) is 12.8 Å². The lowest BCUT2D eigenvalue weighted by molar-refractivity contribution is -0.137. The first-order valence-electron chi connectivity index (χ1n) is 8.15. The van der Waals surface area contributed by atoms with Crippen molar-refractivity contribution in [3.63, 3.8) is 0 Å². The van der Waals surface area contributed by atoms with E-state index in [0.29, 0.717) is 19.3 Å². The summed E-state index contributed by atoms with van der Waals surface area (Å²) in [6.45, 7) is 6.72. The van der Waals surface area contributed by atoms with Gasteiger partial charge in [-0.25, -0.2) is 0 Å². The molecule has 0 spiro atoms. The molecule has 1 amide bonds. The molecular weight excluding hydrogens is 270 g/mol. The van der Waals surface area contributed by atoms with E-state index in [1.54, 1.807) is 0 Å². The Morgan fingerprint density at radius 1 is 1.24 bits per heavy atom. The van der Waals surface area contributed by atoms with Crippen molar-refractivity contribution < 1.29 is 14.3 Å². The zero-order valence-corrected chi connectivity index (χ0v) is 12.9. The van der Waals surface area contributed by atoms with Crippen LogP contribution in [0.3, 0.4) is 0 Å². The molecule has 6 heteroatoms. The van der Waals surface area contributed by atoms with E-state index in [4.69, 9.17) is 9.47 Å². The number of likely N-dealkylation sites (N-methyl/N-ethyl adjacent to an activating group) is 1. The van der Waals surface area contributed by atoms with Crippen molar-refractivity contribution in [2.24, 2.45) is 5.92 Å². The average Bonchev–Trinajstić information content (AvgIpc) is 3.18. The molecule has 120 valence electrons. The smallest absolute Gasteiger partial charge is 0.229 e. The van der Waals surface area contributed by atoms with Crippen molar-refractivity contribution >= 4 is 5.91 Å². The van der Waals surface area contributed by atoms with E-state index in [9.17, 15) is 4.79 Å². The van der Waals surface area contributed by atoms with E-state index < -0.39 is 0 Å². The number of carbonyl (C=O) groups is 1. The zero-order chi connectivity index (χ0) is 14.7. The lowest BCUT2D eigenvalue weighted by atomic mass is 10.0. The SMILES string of the molecule is CNC1COCC1C(=O)N1CCN(CC2CCCO2)CC1. The van der Waals surface area contributed by atoms with Gasteiger partial charge in [0.05, 0.1) is 25.2 Å². The lowest BCUT2D eigenvalue weighted by Crippen LogP contribution is -2.53. The molecule has 0 saturated carbocycles. The van der Waals surface area contributed by atoms with E-state index >= 15 is 0 Å². The Morgan fingerprint density at radius 2 is 2.05 bits per heavy atom. The van der Waals surface area contributed by atoms with Gasteiger partial charge >= 0.3 is 0 Å². The molecule has 3 saturated heterocycles. The minimum Gasteiger partial charge on any atom is -0.379 e. The summed E-state index contributed by atoms with van der Waals surface area (Å²) in [5.74, 6) is 0.239. The third-order valence-electron chi connectivity index (χ3n) is 4.94. The lowest BCUT2D eigenvalue weighted by Gasteiger charge is -2.37. The standard InChI is InChI=1S/C15H27N3O3/c1-16-14-11-20-10-13(14)15(19)18-6-4-17(5-7-18)9-12-3-2-8-21-12/h12-14,16H,2-11H2,1H3. The van der Waals surface area contributed by atoms with Gasteiger partial charge in [0.15, 0.2) is 0 Å². The molecular formula is C15H27N3O3. The van der Waals surface area contributed by atoms with E-state index in [2.05, 4.69) is 10.2 Å². The van der Waals surface area contributed by atoms with Crippen LogP contribution in [0.4, 0.5) is 0 Å². The molecule has 3 fully saturated rings. The summed E-state index contributed by atoms with van der Waals surface area (Å²) in [6, 6.07) is 0.169. The van der Waals surface area contributed by atoms with Crippen molar-refractivity contribution in [3.8, 4) is 0 Å². The van der Waals surface area contributed by atoms with Crippen molar-refractivity contribution in [2.75, 3.05) is 59.6 Å². The van der Waals surface area contributed by atoms with Crippen LogP contribution in [0.25, 0.3) is 0 Å². The van der Waals surface area contributed by atoms with Gasteiger partial charge in [0.2, 0.25) is 5.91 Å². The van der Waals surface area contributed by atoms with Crippen LogP contribution in [-0.4, -0.2) is 87.4 Å². The summed E-state index contributed by atoms with van der Waals surface area (Å²) in [5.41, 5.74) is 0. The van der Waals surface area contributed by atoms with Crippen molar-refractivity contribution in [2.45, 2.75) is 25.0 Å². The van der Waals surface area contributed by atoms with Crippen molar-refractivity contribution in [3.05, 3.63) is 0 Å². The molecule has 0 aliphatic carbocycles. The number of ether oxygens (including phenoxy) is 2. The summed E-state index contributed by atoms with van der Waals surface area (Å²) < 4.78 is 11.1. The molecule has 6 nitrogen and oxygen atoms in total. The number of hydrogen-bond donors (Lipinski definition) is 1. The average molecular weight is 297 g/mol. The largest absolute Gasteiger partial charge is 0.379 e. The molecule has 0 aromatic carbocycles. The van der Waals surface area contributed by atoms with Crippen LogP contribution in [0.2, 0.25) is 0 Å². The molecule has 3 aliphatic heterocycles. The van der Waals surface area contributed by atoms with Gasteiger partial charge < -0.3 is 19.7 Å². The molecule has 1 N–H and O–H groups in total. The van der Waals surface area contributed by atoms with Crippen molar-refractivity contribution in [1.29, 1.82) is 0 Å². The highest BCUT2D eigenvalue weighted by atomic mass is 16.5. The third-order valence-corrected chi connectivity index (χ3v) is 4.94. The van der Waals surface area contributed by atoms with Gasteiger partial charge in [-0.3, -0.25) is 9.69 Å². The fourth-order valence-corrected chi connectivity index (χ4v) is 3.54. The molecule has 3 heterocycles. The van der Waals surface area contributed by atoms with Gasteiger partial charge in [-0.15, -0.1) is 0 Å². The number of carbonyl (C=O) groups excluding carboxylic acids is 1. The van der Waals surface area contributed by atoms with E-state index in [-0.39, 0.29) is 17.9 Å². The second kappa shape index (κ2) is 7.05. The van der Waals surface area contributed by atoms with Gasteiger partial charge in [0.25, 0.3) is 0 Å². The molecule has 3 rings (SSSR count). The number of piperazine rings is 1. The highest BCUT2D eigenvalue weighted by molar-refractivity contribution is 5.80. The van der Waals surface area contributed by atoms with E-state index in [1.807, 2.05) is 11.9 Å². The van der Waals surface area contributed by atoms with Gasteiger partial charge in [0.1, 0.15) is 0 Å². The molecule has 0 aromatic heterocycles. The van der Waals surface area contributed by atoms with Crippen LogP contribution in [0, 0.1) is 5.92 Å². The number of amides is 1. The predicted molar refractivity (Wildman–Crippen MR) is 79.2 cm³/mol. The summed E-state index contributed by atoms with van der Waals surface area (Å²) in [7, 11) is 1.90. The molecule has 0 radical (unpaired) electrons. The van der Waals surface area contributed by atoms with Crippen LogP contribution in [-0.2, 0) is 14.3 Å². The monoisotopic (exact) mass is 297 g/mol. The fraction of sp³-hybridized carbons (Fsp3) is 0.933. The first kappa shape index (κ1) is 15.2. The summed E-state index contributed by atoms with van der Waals surface area (Å²) in [6.07, 6.45) is 2.78. The van der Waals surface area contributed by atoms with Crippen LogP contribution in [0.15, 0.2) is 0 Å². The second-order valence-electron chi connectivity index (χ2n) is 6.30. The minimum absolute atomic E-state index is 0.0142. The Bertz CT molecular complexity index is 352. The molecule has 0 aromatic rings. The molecule has 21 heavy (non-hydrogen) atoms. The Kier molecular flexibility index (Phi) is 5.11. The Balaban J connectivity index is 1.45. The van der Waals surface area contributed by atoms with Crippen molar-refractivity contribution in [1.82, 2.24) is 15.1 Å². The van der Waals surface area contributed by atoms with Gasteiger partial charge in [0, 0.05) is 45.4 Å². The summed E-state index contributed by atoms with van der Waals surface area (Å²) >= 11 is 0. The number of nitrogens with zero attached hydrogens (tertiary/aromatic N) is 2. The van der Waals surface area contributed by atoms with Gasteiger partial charge in [-0.05, 0) is 19.9 Å². The van der Waals surface area contributed by atoms with Gasteiger partial charge in [-0.2, -0.15) is 0 Å². The first-order chi connectivity index (χ1) is 10.3. The van der Waals surface area contributed by atoms with Gasteiger partial charge in [-0.1, -0.05) is 0 Å². The summed E-state index contributed by atoms with van der Waals surface area (Å²) in [5, 5.41) is 3.19. The van der Waals surface area contributed by atoms with E-state index in [0.717, 1.165) is 39.3 Å². The van der Waals surface area contributed by atoms with E-state index in [1.165, 1.54) is 12.8 Å². The highest BCUT2D eigenvalue weighted by Gasteiger charge is 2.36. The quantitative estimate of drug-likeness (QED) is 0.761. The molecule has 3 atom stereocenters.